The van der Waals surface area contributed by atoms with Crippen LogP contribution in [-0.2, 0) is 9.53 Å². The largest absolute Gasteiger partial charge is 0.446 e. The Bertz CT molecular complexity index is 1390. The van der Waals surface area contributed by atoms with Gasteiger partial charge in [0.2, 0.25) is 5.91 Å². The van der Waals surface area contributed by atoms with Crippen molar-refractivity contribution in [2.45, 2.75) is 31.8 Å². The number of carbonyl (C=O) groups excluding carboxylic acids is 3. The van der Waals surface area contributed by atoms with Crippen LogP contribution in [-0.4, -0.2) is 80.1 Å². The third-order valence-electron chi connectivity index (χ3n) is 7.96. The minimum atomic E-state index is -0.444. The zero-order chi connectivity index (χ0) is 30.0. The molecule has 1 heterocycles. The highest BCUT2D eigenvalue weighted by Gasteiger charge is 2.24. The molecule has 5 rings (SSSR count). The molecule has 0 aromatic heterocycles. The standard InChI is InChI=1S/C34H41N5O4/c1-38(33(41)27-10-7-11-28(22-27)36-32(40)24-35-23-25-14-15-25)20-21-39-18-16-29(17-19-39)43-34(42)37-31-13-6-5-12-30(31)26-8-3-2-4-9-26/h2-13,22,25,29,35H,14-21,23-24H2,1H3,(H,36,40)(H,37,42). The quantitative estimate of drug-likeness (QED) is 0.275. The van der Waals surface area contributed by atoms with Crippen molar-refractivity contribution in [2.75, 3.05) is 56.9 Å². The zero-order valence-corrected chi connectivity index (χ0v) is 24.8. The summed E-state index contributed by atoms with van der Waals surface area (Å²) in [4.78, 5) is 42.0. The molecular weight excluding hydrogens is 542 g/mol. The first-order chi connectivity index (χ1) is 20.9. The van der Waals surface area contributed by atoms with E-state index in [1.165, 1.54) is 12.8 Å². The van der Waals surface area contributed by atoms with E-state index in [4.69, 9.17) is 4.74 Å². The molecule has 1 aliphatic heterocycles. The van der Waals surface area contributed by atoms with Crippen LogP contribution >= 0.6 is 0 Å². The molecule has 2 fully saturated rings. The summed E-state index contributed by atoms with van der Waals surface area (Å²) in [5.41, 5.74) is 3.85. The van der Waals surface area contributed by atoms with Gasteiger partial charge in [0.15, 0.2) is 0 Å². The Morgan fingerprint density at radius 2 is 1.63 bits per heavy atom. The summed E-state index contributed by atoms with van der Waals surface area (Å²) in [7, 11) is 1.79. The number of hydrogen-bond acceptors (Lipinski definition) is 6. The maximum absolute atomic E-state index is 13.1. The molecule has 0 bridgehead atoms. The number of ether oxygens (including phenoxy) is 1. The molecule has 9 nitrogen and oxygen atoms in total. The van der Waals surface area contributed by atoms with Gasteiger partial charge in [0.25, 0.3) is 5.91 Å². The monoisotopic (exact) mass is 583 g/mol. The fourth-order valence-corrected chi connectivity index (χ4v) is 5.26. The van der Waals surface area contributed by atoms with Gasteiger partial charge >= 0.3 is 6.09 Å². The van der Waals surface area contributed by atoms with Gasteiger partial charge < -0.3 is 25.2 Å². The van der Waals surface area contributed by atoms with Crippen molar-refractivity contribution in [3.63, 3.8) is 0 Å². The van der Waals surface area contributed by atoms with Gasteiger partial charge in [-0.1, -0.05) is 54.6 Å². The summed E-state index contributed by atoms with van der Waals surface area (Å²) >= 11 is 0. The van der Waals surface area contributed by atoms with Crippen LogP contribution < -0.4 is 16.0 Å². The van der Waals surface area contributed by atoms with Crippen molar-refractivity contribution in [3.8, 4) is 11.1 Å². The van der Waals surface area contributed by atoms with Gasteiger partial charge in [0.05, 0.1) is 12.2 Å². The molecule has 0 unspecified atom stereocenters. The molecule has 0 atom stereocenters. The highest BCUT2D eigenvalue weighted by molar-refractivity contribution is 5.97. The lowest BCUT2D eigenvalue weighted by atomic mass is 10.0. The minimum Gasteiger partial charge on any atom is -0.446 e. The molecular formula is C34H41N5O4. The number of carbonyl (C=O) groups is 3. The Kier molecular flexibility index (Phi) is 10.4. The molecule has 3 aromatic carbocycles. The normalized spacial score (nSPS) is 15.5. The zero-order valence-electron chi connectivity index (χ0n) is 24.8. The second-order valence-electron chi connectivity index (χ2n) is 11.4. The van der Waals surface area contributed by atoms with Crippen molar-refractivity contribution >= 4 is 29.3 Å². The van der Waals surface area contributed by atoms with E-state index in [1.54, 1.807) is 36.2 Å². The second kappa shape index (κ2) is 14.8. The molecule has 0 radical (unpaired) electrons. The topological polar surface area (TPSA) is 103 Å². The average molecular weight is 584 g/mol. The van der Waals surface area contributed by atoms with Gasteiger partial charge in [0, 0.05) is 50.0 Å². The number of piperidine rings is 1. The van der Waals surface area contributed by atoms with Gasteiger partial charge in [-0.25, -0.2) is 4.79 Å². The first-order valence-corrected chi connectivity index (χ1v) is 15.1. The van der Waals surface area contributed by atoms with Crippen LogP contribution in [0.15, 0.2) is 78.9 Å². The Hall–Kier alpha value is -4.21. The lowest BCUT2D eigenvalue weighted by Crippen LogP contribution is -2.42. The fraction of sp³-hybridized carbons (Fsp3) is 0.382. The summed E-state index contributed by atoms with van der Waals surface area (Å²) in [5.74, 6) is 0.513. The highest BCUT2D eigenvalue weighted by Crippen LogP contribution is 2.28. The van der Waals surface area contributed by atoms with Crippen LogP contribution in [0.1, 0.15) is 36.0 Å². The number of amides is 3. The number of anilines is 2. The number of rotatable bonds is 12. The highest BCUT2D eigenvalue weighted by atomic mass is 16.6. The van der Waals surface area contributed by atoms with E-state index in [1.807, 2.05) is 54.6 Å². The van der Waals surface area contributed by atoms with Crippen molar-refractivity contribution < 1.29 is 19.1 Å². The second-order valence-corrected chi connectivity index (χ2v) is 11.4. The maximum Gasteiger partial charge on any atom is 0.411 e. The average Bonchev–Trinajstić information content (AvgIpc) is 3.85. The van der Waals surface area contributed by atoms with Gasteiger partial charge in [-0.15, -0.1) is 0 Å². The lowest BCUT2D eigenvalue weighted by Gasteiger charge is -2.32. The van der Waals surface area contributed by atoms with E-state index in [0.29, 0.717) is 23.7 Å². The van der Waals surface area contributed by atoms with Crippen molar-refractivity contribution in [2.24, 2.45) is 5.92 Å². The molecule has 43 heavy (non-hydrogen) atoms. The Morgan fingerprint density at radius 1 is 0.884 bits per heavy atom. The summed E-state index contributed by atoms with van der Waals surface area (Å²) in [6, 6.07) is 24.7. The molecule has 1 aliphatic carbocycles. The number of nitrogens with zero attached hydrogens (tertiary/aromatic N) is 2. The number of para-hydroxylation sites is 1. The summed E-state index contributed by atoms with van der Waals surface area (Å²) in [6.07, 6.45) is 3.36. The van der Waals surface area contributed by atoms with E-state index in [-0.39, 0.29) is 24.5 Å². The summed E-state index contributed by atoms with van der Waals surface area (Å²) < 4.78 is 5.75. The van der Waals surface area contributed by atoms with Crippen LogP contribution in [0, 0.1) is 5.92 Å². The lowest BCUT2D eigenvalue weighted by molar-refractivity contribution is -0.115. The Labute approximate surface area is 253 Å². The van der Waals surface area contributed by atoms with Gasteiger partial charge in [-0.2, -0.15) is 0 Å². The SMILES string of the molecule is CN(CCN1CCC(OC(=O)Nc2ccccc2-c2ccccc2)CC1)C(=O)c1cccc(NC(=O)CNCC2CC2)c1. The van der Waals surface area contributed by atoms with Crippen molar-refractivity contribution in [1.82, 2.24) is 15.1 Å². The summed E-state index contributed by atoms with van der Waals surface area (Å²) in [5, 5.41) is 8.97. The third kappa shape index (κ3) is 9.14. The molecule has 226 valence electrons. The molecule has 1 saturated heterocycles. The summed E-state index contributed by atoms with van der Waals surface area (Å²) in [6.45, 7) is 4.02. The fourth-order valence-electron chi connectivity index (χ4n) is 5.26. The molecule has 0 spiro atoms. The minimum absolute atomic E-state index is 0.0892. The molecule has 3 amide bonds. The first kappa shape index (κ1) is 30.3. The number of likely N-dealkylation sites (N-methyl/N-ethyl adjacent to an activating group) is 1. The van der Waals surface area contributed by atoms with Gasteiger partial charge in [-0.05, 0) is 68.0 Å². The van der Waals surface area contributed by atoms with Crippen molar-refractivity contribution in [1.29, 1.82) is 0 Å². The Balaban J connectivity index is 1.02. The number of likely N-dealkylation sites (tertiary alicyclic amines) is 1. The van der Waals surface area contributed by atoms with Crippen molar-refractivity contribution in [3.05, 3.63) is 84.4 Å². The predicted molar refractivity (Wildman–Crippen MR) is 169 cm³/mol. The number of nitrogens with one attached hydrogen (secondary N) is 3. The van der Waals surface area contributed by atoms with E-state index in [2.05, 4.69) is 20.9 Å². The molecule has 3 aromatic rings. The van der Waals surface area contributed by atoms with E-state index < -0.39 is 6.09 Å². The van der Waals surface area contributed by atoms with E-state index in [9.17, 15) is 14.4 Å². The number of hydrogen-bond donors (Lipinski definition) is 3. The molecule has 1 saturated carbocycles. The van der Waals surface area contributed by atoms with E-state index in [0.717, 1.165) is 55.8 Å². The van der Waals surface area contributed by atoms with Gasteiger partial charge in [0.1, 0.15) is 6.10 Å². The predicted octanol–water partition coefficient (Wildman–Crippen LogP) is 5.08. The molecule has 9 heteroatoms. The maximum atomic E-state index is 13.1. The third-order valence-corrected chi connectivity index (χ3v) is 7.96. The Morgan fingerprint density at radius 3 is 2.40 bits per heavy atom. The van der Waals surface area contributed by atoms with Crippen LogP contribution in [0.25, 0.3) is 11.1 Å². The van der Waals surface area contributed by atoms with Gasteiger partial charge in [-0.3, -0.25) is 14.9 Å². The van der Waals surface area contributed by atoms with Crippen LogP contribution in [0.3, 0.4) is 0 Å². The molecule has 3 N–H and O–H groups in total. The van der Waals surface area contributed by atoms with Crippen LogP contribution in [0.4, 0.5) is 16.2 Å². The first-order valence-electron chi connectivity index (χ1n) is 15.1. The number of benzene rings is 3. The smallest absolute Gasteiger partial charge is 0.411 e. The molecule has 2 aliphatic rings. The van der Waals surface area contributed by atoms with Crippen LogP contribution in [0.2, 0.25) is 0 Å². The van der Waals surface area contributed by atoms with Crippen LogP contribution in [0.5, 0.6) is 0 Å². The van der Waals surface area contributed by atoms with E-state index >= 15 is 0 Å².